The summed E-state index contributed by atoms with van der Waals surface area (Å²) in [6, 6.07) is 0.388. The summed E-state index contributed by atoms with van der Waals surface area (Å²) in [5, 5.41) is 3.19. The van der Waals surface area contributed by atoms with Crippen molar-refractivity contribution in [2.45, 2.75) is 25.8 Å². The van der Waals surface area contributed by atoms with Crippen LogP contribution in [0.15, 0.2) is 0 Å². The monoisotopic (exact) mass is 220 g/mol. The van der Waals surface area contributed by atoms with E-state index in [-0.39, 0.29) is 0 Å². The van der Waals surface area contributed by atoms with Crippen molar-refractivity contribution in [1.82, 2.24) is 9.62 Å². The molecule has 1 N–H and O–H groups in total. The van der Waals surface area contributed by atoms with Crippen LogP contribution < -0.4 is 5.32 Å². The maximum atomic E-state index is 11.3. The molecule has 1 fully saturated rings. The molecule has 0 aliphatic carbocycles. The van der Waals surface area contributed by atoms with Gasteiger partial charge in [0.25, 0.3) is 0 Å². The second-order valence-electron chi connectivity index (χ2n) is 4.10. The van der Waals surface area contributed by atoms with E-state index >= 15 is 0 Å². The van der Waals surface area contributed by atoms with E-state index in [1.807, 2.05) is 7.05 Å². The molecule has 0 saturated carbocycles. The van der Waals surface area contributed by atoms with Crippen LogP contribution in [-0.2, 0) is 10.0 Å². The zero-order valence-electron chi connectivity index (χ0n) is 9.16. The molecule has 0 aromatic heterocycles. The molecule has 1 aliphatic rings. The van der Waals surface area contributed by atoms with Crippen LogP contribution in [0.25, 0.3) is 0 Å². The quantitative estimate of drug-likeness (QED) is 0.742. The Kier molecular flexibility index (Phi) is 3.92. The molecule has 1 aliphatic heterocycles. The maximum absolute atomic E-state index is 11.3. The van der Waals surface area contributed by atoms with Crippen molar-refractivity contribution in [3.63, 3.8) is 0 Å². The van der Waals surface area contributed by atoms with E-state index < -0.39 is 10.0 Å². The summed E-state index contributed by atoms with van der Waals surface area (Å²) in [5.41, 5.74) is 0. The van der Waals surface area contributed by atoms with E-state index in [4.69, 9.17) is 0 Å². The first-order chi connectivity index (χ1) is 6.45. The Bertz CT molecular complexity index is 277. The third-order valence-corrected chi connectivity index (χ3v) is 4.32. The lowest BCUT2D eigenvalue weighted by atomic mass is 9.93. The van der Waals surface area contributed by atoms with Gasteiger partial charge in [0.15, 0.2) is 0 Å². The highest BCUT2D eigenvalue weighted by Crippen LogP contribution is 2.21. The first kappa shape index (κ1) is 11.9. The molecule has 14 heavy (non-hydrogen) atoms. The molecule has 5 heteroatoms. The Balaban J connectivity index is 2.61. The molecule has 1 rings (SSSR count). The summed E-state index contributed by atoms with van der Waals surface area (Å²) in [7, 11) is -1.07. The second-order valence-corrected chi connectivity index (χ2v) is 6.08. The minimum absolute atomic E-state index is 0.388. The van der Waals surface area contributed by atoms with Crippen LogP contribution in [0, 0.1) is 5.92 Å². The summed E-state index contributed by atoms with van der Waals surface area (Å²) in [4.78, 5) is 0. The van der Waals surface area contributed by atoms with Gasteiger partial charge < -0.3 is 5.32 Å². The lowest BCUT2D eigenvalue weighted by Crippen LogP contribution is -2.45. The highest BCUT2D eigenvalue weighted by atomic mass is 32.2. The Morgan fingerprint density at radius 2 is 2.14 bits per heavy atom. The van der Waals surface area contributed by atoms with E-state index in [9.17, 15) is 8.42 Å². The molecule has 2 atom stereocenters. The minimum atomic E-state index is -2.99. The zero-order valence-corrected chi connectivity index (χ0v) is 9.97. The van der Waals surface area contributed by atoms with Crippen molar-refractivity contribution >= 4 is 10.0 Å². The summed E-state index contributed by atoms with van der Waals surface area (Å²) in [6.45, 7) is 3.46. The third kappa shape index (κ3) is 2.93. The number of nitrogens with zero attached hydrogens (tertiary/aromatic N) is 1. The van der Waals surface area contributed by atoms with Gasteiger partial charge in [-0.2, -0.15) is 0 Å². The van der Waals surface area contributed by atoms with Crippen LogP contribution in [0.1, 0.15) is 19.8 Å². The number of hydrogen-bond acceptors (Lipinski definition) is 3. The molecule has 0 radical (unpaired) electrons. The van der Waals surface area contributed by atoms with Crippen LogP contribution in [-0.4, -0.2) is 45.2 Å². The summed E-state index contributed by atoms with van der Waals surface area (Å²) in [5.74, 6) is 0.448. The van der Waals surface area contributed by atoms with Crippen molar-refractivity contribution in [2.24, 2.45) is 5.92 Å². The highest BCUT2D eigenvalue weighted by molar-refractivity contribution is 7.88. The van der Waals surface area contributed by atoms with E-state index in [2.05, 4.69) is 12.2 Å². The third-order valence-electron chi connectivity index (χ3n) is 3.05. The lowest BCUT2D eigenvalue weighted by molar-refractivity contribution is 0.230. The van der Waals surface area contributed by atoms with Gasteiger partial charge in [-0.1, -0.05) is 0 Å². The fraction of sp³-hybridized carbons (Fsp3) is 1.00. The molecule has 1 heterocycles. The zero-order chi connectivity index (χ0) is 10.8. The smallest absolute Gasteiger partial charge is 0.211 e. The Labute approximate surface area is 86.7 Å². The lowest BCUT2D eigenvalue weighted by Gasteiger charge is -2.34. The average Bonchev–Trinajstić information content (AvgIpc) is 2.15. The van der Waals surface area contributed by atoms with Crippen molar-refractivity contribution in [1.29, 1.82) is 0 Å². The van der Waals surface area contributed by atoms with E-state index in [0.717, 1.165) is 12.8 Å². The topological polar surface area (TPSA) is 49.4 Å². The van der Waals surface area contributed by atoms with Gasteiger partial charge in [0.05, 0.1) is 6.26 Å². The van der Waals surface area contributed by atoms with Crippen molar-refractivity contribution in [3.05, 3.63) is 0 Å². The average molecular weight is 220 g/mol. The minimum Gasteiger partial charge on any atom is -0.317 e. The van der Waals surface area contributed by atoms with Crippen LogP contribution in [0.2, 0.25) is 0 Å². The van der Waals surface area contributed by atoms with Gasteiger partial charge in [0.2, 0.25) is 10.0 Å². The number of hydrogen-bond donors (Lipinski definition) is 1. The van der Waals surface area contributed by atoms with Crippen molar-refractivity contribution in [2.75, 3.05) is 26.4 Å². The summed E-state index contributed by atoms with van der Waals surface area (Å²) >= 11 is 0. The van der Waals surface area contributed by atoms with Gasteiger partial charge in [0, 0.05) is 19.1 Å². The van der Waals surface area contributed by atoms with E-state index in [1.165, 1.54) is 6.26 Å². The standard InChI is InChI=1S/C9H20N2O2S/c1-8(10-2)9-5-4-6-11(7-9)14(3,12)13/h8-10H,4-7H2,1-3H3. The first-order valence-electron chi connectivity index (χ1n) is 5.07. The van der Waals surface area contributed by atoms with Gasteiger partial charge in [-0.3, -0.25) is 0 Å². The van der Waals surface area contributed by atoms with Gasteiger partial charge in [0.1, 0.15) is 0 Å². The summed E-state index contributed by atoms with van der Waals surface area (Å²) in [6.07, 6.45) is 3.39. The van der Waals surface area contributed by atoms with Crippen LogP contribution in [0.4, 0.5) is 0 Å². The molecule has 0 aromatic carbocycles. The van der Waals surface area contributed by atoms with Crippen molar-refractivity contribution < 1.29 is 8.42 Å². The van der Waals surface area contributed by atoms with Crippen molar-refractivity contribution in [3.8, 4) is 0 Å². The van der Waals surface area contributed by atoms with Gasteiger partial charge in [-0.05, 0) is 32.7 Å². The largest absolute Gasteiger partial charge is 0.317 e. The predicted molar refractivity (Wildman–Crippen MR) is 57.7 cm³/mol. The molecular weight excluding hydrogens is 200 g/mol. The molecule has 0 spiro atoms. The van der Waals surface area contributed by atoms with Crippen LogP contribution in [0.5, 0.6) is 0 Å². The second kappa shape index (κ2) is 4.59. The van der Waals surface area contributed by atoms with Gasteiger partial charge in [-0.15, -0.1) is 0 Å². The molecule has 84 valence electrons. The SMILES string of the molecule is CNC(C)C1CCCN(S(C)(=O)=O)C1. The molecule has 4 nitrogen and oxygen atoms in total. The fourth-order valence-electron chi connectivity index (χ4n) is 1.92. The number of nitrogens with one attached hydrogen (secondary N) is 1. The van der Waals surface area contributed by atoms with Crippen LogP contribution >= 0.6 is 0 Å². The predicted octanol–water partition coefficient (Wildman–Crippen LogP) is 0.266. The first-order valence-corrected chi connectivity index (χ1v) is 6.92. The van der Waals surface area contributed by atoms with E-state index in [1.54, 1.807) is 4.31 Å². The Hall–Kier alpha value is -0.130. The van der Waals surface area contributed by atoms with Gasteiger partial charge in [-0.25, -0.2) is 12.7 Å². The molecule has 0 bridgehead atoms. The molecule has 2 unspecified atom stereocenters. The van der Waals surface area contributed by atoms with E-state index in [0.29, 0.717) is 25.0 Å². The fourth-order valence-corrected chi connectivity index (χ4v) is 2.84. The molecule has 0 amide bonds. The Morgan fingerprint density at radius 3 is 2.64 bits per heavy atom. The maximum Gasteiger partial charge on any atom is 0.211 e. The molecular formula is C9H20N2O2S. The number of piperidine rings is 1. The summed E-state index contributed by atoms with van der Waals surface area (Å²) < 4.78 is 24.3. The van der Waals surface area contributed by atoms with Crippen LogP contribution in [0.3, 0.4) is 0 Å². The molecule has 0 aromatic rings. The normalized spacial score (nSPS) is 27.5. The highest BCUT2D eigenvalue weighted by Gasteiger charge is 2.28. The van der Waals surface area contributed by atoms with Gasteiger partial charge >= 0.3 is 0 Å². The Morgan fingerprint density at radius 1 is 1.50 bits per heavy atom. The number of sulfonamides is 1. The molecule has 1 saturated heterocycles. The number of rotatable bonds is 3.